The van der Waals surface area contributed by atoms with Crippen LogP contribution in [0, 0.1) is 5.92 Å². The van der Waals surface area contributed by atoms with E-state index in [9.17, 15) is 19.5 Å². The van der Waals surface area contributed by atoms with E-state index in [0.717, 1.165) is 12.8 Å². The van der Waals surface area contributed by atoms with Gasteiger partial charge in [0, 0.05) is 25.3 Å². The molecule has 0 aliphatic carbocycles. The van der Waals surface area contributed by atoms with E-state index in [1.807, 2.05) is 0 Å². The van der Waals surface area contributed by atoms with Gasteiger partial charge in [-0.3, -0.25) is 9.59 Å². The van der Waals surface area contributed by atoms with Gasteiger partial charge >= 0.3 is 5.97 Å². The van der Waals surface area contributed by atoms with E-state index in [1.54, 1.807) is 55.5 Å². The molecule has 1 saturated heterocycles. The highest BCUT2D eigenvalue weighted by Crippen LogP contribution is 2.30. The van der Waals surface area contributed by atoms with Gasteiger partial charge < -0.3 is 19.6 Å². The number of halogens is 1. The van der Waals surface area contributed by atoms with Crippen LogP contribution in [0.25, 0.3) is 17.4 Å². The van der Waals surface area contributed by atoms with Gasteiger partial charge in [0.1, 0.15) is 11.5 Å². The van der Waals surface area contributed by atoms with Gasteiger partial charge in [-0.1, -0.05) is 17.7 Å². The number of carbonyl (C=O) groups is 3. The molecule has 3 heterocycles. The fourth-order valence-electron chi connectivity index (χ4n) is 4.49. The van der Waals surface area contributed by atoms with E-state index in [-0.39, 0.29) is 11.5 Å². The fourth-order valence-corrected chi connectivity index (χ4v) is 4.70. The minimum Gasteiger partial charge on any atom is -0.478 e. The lowest BCUT2D eigenvalue weighted by Crippen LogP contribution is -2.32. The summed E-state index contributed by atoms with van der Waals surface area (Å²) < 4.78 is 11.4. The SMILES string of the molecule is CC1=NN(c2cccc(C(=O)O)c2)C(=O)/C1=C/c1ccc(-c2ccc(Cl)c(C(=O)NCC3CCOCC3)c2)o1. The summed E-state index contributed by atoms with van der Waals surface area (Å²) in [6.45, 7) is 3.67. The van der Waals surface area contributed by atoms with Gasteiger partial charge in [0.15, 0.2) is 0 Å². The van der Waals surface area contributed by atoms with Crippen molar-refractivity contribution in [2.24, 2.45) is 11.0 Å². The number of anilines is 1. The number of nitrogens with one attached hydrogen (secondary N) is 1. The first-order chi connectivity index (χ1) is 18.8. The molecule has 200 valence electrons. The second-order valence-electron chi connectivity index (χ2n) is 9.38. The maximum absolute atomic E-state index is 13.1. The Labute approximate surface area is 229 Å². The van der Waals surface area contributed by atoms with E-state index in [4.69, 9.17) is 20.8 Å². The van der Waals surface area contributed by atoms with Gasteiger partial charge in [-0.2, -0.15) is 10.1 Å². The standard InChI is InChI=1S/C29H26ClN3O6/c1-17-23(28(35)33(32-17)21-4-2-3-20(13-21)29(36)37)15-22-6-8-26(39-22)19-5-7-25(30)24(14-19)27(34)31-16-18-9-11-38-12-10-18/h2-8,13-15,18H,9-12,16H2,1H3,(H,31,34)(H,36,37)/b23-15+. The molecular formula is C29H26ClN3O6. The van der Waals surface area contributed by atoms with Crippen molar-refractivity contribution in [2.75, 3.05) is 24.8 Å². The molecule has 1 fully saturated rings. The zero-order valence-electron chi connectivity index (χ0n) is 21.1. The number of benzene rings is 2. The molecule has 5 rings (SSSR count). The van der Waals surface area contributed by atoms with Crippen LogP contribution in [-0.4, -0.2) is 48.4 Å². The largest absolute Gasteiger partial charge is 0.478 e. The first-order valence-electron chi connectivity index (χ1n) is 12.5. The molecule has 10 heteroatoms. The zero-order chi connectivity index (χ0) is 27.5. The normalized spacial score (nSPS) is 17.0. The molecule has 3 aromatic rings. The van der Waals surface area contributed by atoms with Crippen LogP contribution < -0.4 is 10.3 Å². The van der Waals surface area contributed by atoms with Gasteiger partial charge in [-0.15, -0.1) is 0 Å². The third kappa shape index (κ3) is 5.79. The van der Waals surface area contributed by atoms with Crippen molar-refractivity contribution in [1.82, 2.24) is 5.32 Å². The Morgan fingerprint density at radius 3 is 2.72 bits per heavy atom. The van der Waals surface area contributed by atoms with E-state index < -0.39 is 11.9 Å². The van der Waals surface area contributed by atoms with Crippen molar-refractivity contribution >= 4 is 46.9 Å². The van der Waals surface area contributed by atoms with Crippen LogP contribution in [0.15, 0.2) is 69.7 Å². The molecule has 2 aromatic carbocycles. The van der Waals surface area contributed by atoms with Crippen LogP contribution >= 0.6 is 11.6 Å². The summed E-state index contributed by atoms with van der Waals surface area (Å²) in [5.41, 5.74) is 2.21. The third-order valence-corrected chi connectivity index (χ3v) is 7.03. The molecule has 0 atom stereocenters. The number of hydrogen-bond acceptors (Lipinski definition) is 6. The smallest absolute Gasteiger partial charge is 0.335 e. The molecule has 0 saturated carbocycles. The summed E-state index contributed by atoms with van der Waals surface area (Å²) in [7, 11) is 0. The van der Waals surface area contributed by atoms with Crippen molar-refractivity contribution < 1.29 is 28.6 Å². The van der Waals surface area contributed by atoms with Crippen molar-refractivity contribution in [2.45, 2.75) is 19.8 Å². The number of carboxylic acids is 1. The maximum atomic E-state index is 13.1. The molecule has 9 nitrogen and oxygen atoms in total. The van der Waals surface area contributed by atoms with Crippen molar-refractivity contribution in [3.05, 3.63) is 82.1 Å². The number of amides is 2. The van der Waals surface area contributed by atoms with Crippen molar-refractivity contribution in [3.63, 3.8) is 0 Å². The number of rotatable bonds is 7. The first-order valence-corrected chi connectivity index (χ1v) is 12.9. The van der Waals surface area contributed by atoms with Gasteiger partial charge in [0.25, 0.3) is 11.8 Å². The molecule has 2 N–H and O–H groups in total. The molecule has 0 spiro atoms. The molecule has 0 radical (unpaired) electrons. The van der Waals surface area contributed by atoms with Gasteiger partial charge in [0.2, 0.25) is 0 Å². The van der Waals surface area contributed by atoms with E-state index in [0.29, 0.717) is 70.3 Å². The Hall–Kier alpha value is -4.21. The number of carbonyl (C=O) groups excluding carboxylic acids is 2. The molecule has 0 unspecified atom stereocenters. The number of aromatic carboxylic acids is 1. The Morgan fingerprint density at radius 1 is 1.15 bits per heavy atom. The Bertz CT molecular complexity index is 1500. The lowest BCUT2D eigenvalue weighted by atomic mass is 10.0. The molecule has 1 aromatic heterocycles. The average molecular weight is 548 g/mol. The number of ether oxygens (including phenoxy) is 1. The molecule has 39 heavy (non-hydrogen) atoms. The third-order valence-electron chi connectivity index (χ3n) is 6.70. The summed E-state index contributed by atoms with van der Waals surface area (Å²) in [6, 6.07) is 14.6. The second-order valence-corrected chi connectivity index (χ2v) is 9.79. The van der Waals surface area contributed by atoms with Crippen LogP contribution in [0.4, 0.5) is 5.69 Å². The van der Waals surface area contributed by atoms with Crippen molar-refractivity contribution in [3.8, 4) is 11.3 Å². The quantitative estimate of drug-likeness (QED) is 0.389. The molecule has 2 amide bonds. The number of furan rings is 1. The Morgan fingerprint density at radius 2 is 1.95 bits per heavy atom. The Kier molecular flexibility index (Phi) is 7.63. The zero-order valence-corrected chi connectivity index (χ0v) is 21.9. The van der Waals surface area contributed by atoms with Crippen LogP contribution in [0.2, 0.25) is 5.02 Å². The number of nitrogens with zero attached hydrogens (tertiary/aromatic N) is 2. The summed E-state index contributed by atoms with van der Waals surface area (Å²) >= 11 is 6.33. The minimum atomic E-state index is -1.09. The maximum Gasteiger partial charge on any atom is 0.335 e. The lowest BCUT2D eigenvalue weighted by molar-refractivity contribution is -0.114. The number of hydrazone groups is 1. The summed E-state index contributed by atoms with van der Waals surface area (Å²) in [6.07, 6.45) is 3.42. The van der Waals surface area contributed by atoms with Crippen LogP contribution in [0.5, 0.6) is 0 Å². The van der Waals surface area contributed by atoms with Gasteiger partial charge in [-0.05, 0) is 80.3 Å². The van der Waals surface area contributed by atoms with E-state index in [2.05, 4.69) is 10.4 Å². The van der Waals surface area contributed by atoms with E-state index in [1.165, 1.54) is 17.1 Å². The fraction of sp³-hybridized carbons (Fsp3) is 0.241. The second kappa shape index (κ2) is 11.3. The highest BCUT2D eigenvalue weighted by Gasteiger charge is 2.29. The highest BCUT2D eigenvalue weighted by atomic mass is 35.5. The lowest BCUT2D eigenvalue weighted by Gasteiger charge is -2.22. The Balaban J connectivity index is 1.32. The van der Waals surface area contributed by atoms with Crippen LogP contribution in [0.3, 0.4) is 0 Å². The average Bonchev–Trinajstić information content (AvgIpc) is 3.53. The van der Waals surface area contributed by atoms with Crippen LogP contribution in [-0.2, 0) is 9.53 Å². The summed E-state index contributed by atoms with van der Waals surface area (Å²) in [4.78, 5) is 37.3. The van der Waals surface area contributed by atoms with Gasteiger partial charge in [-0.25, -0.2) is 4.79 Å². The topological polar surface area (TPSA) is 121 Å². The molecule has 0 bridgehead atoms. The van der Waals surface area contributed by atoms with E-state index >= 15 is 0 Å². The predicted molar refractivity (Wildman–Crippen MR) is 147 cm³/mol. The first kappa shape index (κ1) is 26.4. The molecule has 2 aliphatic rings. The molecule has 2 aliphatic heterocycles. The predicted octanol–water partition coefficient (Wildman–Crippen LogP) is 5.26. The number of hydrogen-bond donors (Lipinski definition) is 2. The van der Waals surface area contributed by atoms with Gasteiger partial charge in [0.05, 0.1) is 33.1 Å². The molecular weight excluding hydrogens is 522 g/mol. The highest BCUT2D eigenvalue weighted by molar-refractivity contribution is 6.34. The summed E-state index contributed by atoms with van der Waals surface area (Å²) in [5, 5.41) is 18.0. The monoisotopic (exact) mass is 547 g/mol. The van der Waals surface area contributed by atoms with Crippen LogP contribution in [0.1, 0.15) is 46.2 Å². The van der Waals surface area contributed by atoms with Crippen molar-refractivity contribution in [1.29, 1.82) is 0 Å². The summed E-state index contributed by atoms with van der Waals surface area (Å²) in [5.74, 6) is -0.439. The number of carboxylic acid groups (broad SMARTS) is 1. The minimum absolute atomic E-state index is 0.0564.